The molecule has 0 bridgehead atoms. The standard InChI is InChI=1S/C57H76Cl2N2O11S2Si2/c1-16-27-65-32-42(33-68-74(63,64)43-24-21-36(2)22-25-43)69-51-49(58)37(3)46(38(4)50(51)59)47-48-53(60-34-61-54(48)73-52(47)39-19-17-18-20-39)70-45(55(62)71-56(5,6)7)31-40-30-41(72-76(14,15)57(8,9)10)23-26-44(40)67-35-66-28-29-75(11,12)13/h16,19,21-26,30,34,42,45H,1,17-18,20,27-29,31-33,35H2,2-15H3/t42-,45-/m1/s1. The summed E-state index contributed by atoms with van der Waals surface area (Å²) in [6, 6.07) is 13.0. The number of hydrogen-bond donors (Lipinski definition) is 0. The third kappa shape index (κ3) is 15.7. The van der Waals surface area contributed by atoms with Crippen LogP contribution in [0.25, 0.3) is 26.9 Å². The van der Waals surface area contributed by atoms with Gasteiger partial charge in [-0.3, -0.25) is 4.18 Å². The number of benzene rings is 3. The van der Waals surface area contributed by atoms with Crippen molar-refractivity contribution in [3.8, 4) is 34.3 Å². The van der Waals surface area contributed by atoms with Gasteiger partial charge in [0.1, 0.15) is 41.0 Å². The van der Waals surface area contributed by atoms with Crippen molar-refractivity contribution in [2.24, 2.45) is 0 Å². The zero-order valence-corrected chi connectivity index (χ0v) is 51.8. The van der Waals surface area contributed by atoms with Crippen molar-refractivity contribution in [2.45, 2.75) is 155 Å². The molecule has 19 heteroatoms. The van der Waals surface area contributed by atoms with E-state index < -0.39 is 56.9 Å². The molecule has 1 aliphatic carbocycles. The quantitative estimate of drug-likeness (QED) is 0.0136. The van der Waals surface area contributed by atoms with Gasteiger partial charge in [-0.05, 0) is 138 Å². The summed E-state index contributed by atoms with van der Waals surface area (Å²) in [4.78, 5) is 25.7. The molecule has 0 saturated carbocycles. The second-order valence-corrected chi connectivity index (χ2v) is 36.7. The number of carbonyl (C=O) groups excluding carboxylic acids is 1. The van der Waals surface area contributed by atoms with Crippen LogP contribution < -0.4 is 18.6 Å². The van der Waals surface area contributed by atoms with E-state index >= 15 is 0 Å². The van der Waals surface area contributed by atoms with Crippen LogP contribution >= 0.6 is 34.5 Å². The van der Waals surface area contributed by atoms with E-state index in [-0.39, 0.29) is 58.0 Å². The van der Waals surface area contributed by atoms with E-state index in [2.05, 4.69) is 66.2 Å². The maximum Gasteiger partial charge on any atom is 0.348 e. The summed E-state index contributed by atoms with van der Waals surface area (Å²) in [6.45, 7) is 32.9. The lowest BCUT2D eigenvalue weighted by Crippen LogP contribution is -2.43. The summed E-state index contributed by atoms with van der Waals surface area (Å²) in [5.41, 5.74) is 4.47. The lowest BCUT2D eigenvalue weighted by Gasteiger charge is -2.36. The molecule has 2 atom stereocenters. The fourth-order valence-electron chi connectivity index (χ4n) is 8.04. The first kappa shape index (κ1) is 60.9. The number of rotatable bonds is 25. The summed E-state index contributed by atoms with van der Waals surface area (Å²) in [6.07, 6.45) is 5.74. The van der Waals surface area contributed by atoms with Crippen molar-refractivity contribution < 1.29 is 50.2 Å². The predicted molar refractivity (Wildman–Crippen MR) is 312 cm³/mol. The smallest absolute Gasteiger partial charge is 0.348 e. The molecule has 5 aromatic rings. The van der Waals surface area contributed by atoms with Crippen molar-refractivity contribution >= 4 is 82.8 Å². The predicted octanol–water partition coefficient (Wildman–Crippen LogP) is 14.9. The highest BCUT2D eigenvalue weighted by Gasteiger charge is 2.40. The molecule has 0 aliphatic heterocycles. The molecule has 1 aliphatic rings. The largest absolute Gasteiger partial charge is 0.543 e. The average Bonchev–Trinajstić information content (AvgIpc) is 4.00. The van der Waals surface area contributed by atoms with E-state index in [1.54, 1.807) is 18.2 Å². The molecule has 2 aromatic heterocycles. The third-order valence-corrected chi connectivity index (χ3v) is 22.7. The Morgan fingerprint density at radius 3 is 2.18 bits per heavy atom. The van der Waals surface area contributed by atoms with Crippen LogP contribution in [0.4, 0.5) is 0 Å². The Bertz CT molecular complexity index is 2990. The number of aryl methyl sites for hydroxylation is 1. The number of aromatic nitrogens is 2. The number of hydrogen-bond acceptors (Lipinski definition) is 14. The molecule has 0 unspecified atom stereocenters. The van der Waals surface area contributed by atoms with E-state index in [1.807, 2.05) is 59.7 Å². The minimum atomic E-state index is -4.17. The zero-order valence-electron chi connectivity index (χ0n) is 46.7. The lowest BCUT2D eigenvalue weighted by atomic mass is 9.91. The van der Waals surface area contributed by atoms with Crippen LogP contribution in [0, 0.1) is 20.8 Å². The molecule has 0 saturated heterocycles. The number of esters is 1. The molecule has 2 heterocycles. The Kier molecular flexibility index (Phi) is 20.2. The van der Waals surface area contributed by atoms with Crippen LogP contribution in [-0.2, 0) is 39.7 Å². The average molecular weight is 1160 g/mol. The lowest BCUT2D eigenvalue weighted by molar-refractivity contribution is -0.163. The van der Waals surface area contributed by atoms with Gasteiger partial charge in [0.2, 0.25) is 20.3 Å². The molecule has 414 valence electrons. The molecule has 0 spiro atoms. The minimum Gasteiger partial charge on any atom is -0.543 e. The molecule has 0 radical (unpaired) electrons. The first-order valence-corrected chi connectivity index (χ1v) is 35.3. The zero-order chi connectivity index (χ0) is 56.0. The Hall–Kier alpha value is -4.31. The number of carbonyl (C=O) groups is 1. The fraction of sp³-hybridized carbons (Fsp3) is 0.491. The van der Waals surface area contributed by atoms with Gasteiger partial charge in [-0.25, -0.2) is 14.8 Å². The van der Waals surface area contributed by atoms with Crippen molar-refractivity contribution in [3.63, 3.8) is 0 Å². The highest BCUT2D eigenvalue weighted by molar-refractivity contribution is 7.86. The summed E-state index contributed by atoms with van der Waals surface area (Å²) in [7, 11) is -7.82. The molecule has 76 heavy (non-hydrogen) atoms. The SMILES string of the molecule is C=CCOC[C@H](COS(=O)(=O)c1ccc(C)cc1)Oc1c(Cl)c(C)c(-c2c(C3=CCCC3)sc3ncnc(O[C@H](Cc4cc(O[Si](C)(C)C(C)(C)C)ccc4OCOCC[Si](C)(C)C)C(=O)OC(C)(C)C)c23)c(C)c1Cl. The molecule has 13 nitrogen and oxygen atoms in total. The van der Waals surface area contributed by atoms with Crippen molar-refractivity contribution in [1.29, 1.82) is 0 Å². The number of nitrogens with zero attached hydrogens (tertiary/aromatic N) is 2. The maximum atomic E-state index is 14.6. The van der Waals surface area contributed by atoms with Crippen molar-refractivity contribution in [2.75, 3.05) is 33.2 Å². The molecule has 0 N–H and O–H groups in total. The van der Waals surface area contributed by atoms with Gasteiger partial charge in [0.25, 0.3) is 10.1 Å². The van der Waals surface area contributed by atoms with Crippen LogP contribution in [0.15, 0.2) is 72.4 Å². The number of allylic oxidation sites excluding steroid dienone is 2. The molecular formula is C57H76Cl2N2O11S2Si2. The molecule has 0 fully saturated rings. The van der Waals surface area contributed by atoms with Gasteiger partial charge in [-0.1, -0.05) is 93.5 Å². The van der Waals surface area contributed by atoms with Gasteiger partial charge >= 0.3 is 5.97 Å². The number of halogens is 2. The first-order chi connectivity index (χ1) is 35.5. The normalized spacial score (nSPS) is 14.3. The summed E-state index contributed by atoms with van der Waals surface area (Å²) in [5.74, 6) is 0.839. The molecule has 0 amide bonds. The number of ether oxygens (including phenoxy) is 6. The number of thiophene rings is 1. The van der Waals surface area contributed by atoms with Gasteiger partial charge in [0, 0.05) is 37.1 Å². The number of fused-ring (bicyclic) bond motifs is 1. The van der Waals surface area contributed by atoms with Gasteiger partial charge in [0.15, 0.2) is 12.5 Å². The van der Waals surface area contributed by atoms with Crippen LogP contribution in [-0.4, -0.2) is 91.8 Å². The van der Waals surface area contributed by atoms with Crippen LogP contribution in [0.2, 0.25) is 53.9 Å². The Morgan fingerprint density at radius 2 is 1.58 bits per heavy atom. The minimum absolute atomic E-state index is 0.00479. The summed E-state index contributed by atoms with van der Waals surface area (Å²) >= 11 is 16.2. The molecule has 6 rings (SSSR count). The van der Waals surface area contributed by atoms with Crippen LogP contribution in [0.3, 0.4) is 0 Å². The molecular weight excluding hydrogens is 1080 g/mol. The van der Waals surface area contributed by atoms with E-state index in [9.17, 15) is 13.2 Å². The van der Waals surface area contributed by atoms with E-state index in [0.717, 1.165) is 46.9 Å². The maximum absolute atomic E-state index is 14.6. The van der Waals surface area contributed by atoms with Gasteiger partial charge < -0.3 is 32.8 Å². The Balaban J connectivity index is 1.45. The monoisotopic (exact) mass is 1150 g/mol. The van der Waals surface area contributed by atoms with Crippen molar-refractivity contribution in [3.05, 3.63) is 105 Å². The van der Waals surface area contributed by atoms with Crippen LogP contribution in [0.5, 0.6) is 23.1 Å². The third-order valence-electron chi connectivity index (χ3n) is 13.2. The second kappa shape index (κ2) is 25.2. The van der Waals surface area contributed by atoms with E-state index in [0.29, 0.717) is 50.6 Å². The van der Waals surface area contributed by atoms with Crippen molar-refractivity contribution in [1.82, 2.24) is 9.97 Å². The highest BCUT2D eigenvalue weighted by Crippen LogP contribution is 2.53. The van der Waals surface area contributed by atoms with Gasteiger partial charge in [-0.15, -0.1) is 17.9 Å². The van der Waals surface area contributed by atoms with Gasteiger partial charge in [0.05, 0.1) is 33.5 Å². The summed E-state index contributed by atoms with van der Waals surface area (Å²) in [5, 5.41) is 0.856. The Labute approximate surface area is 466 Å². The van der Waals surface area contributed by atoms with E-state index in [1.165, 1.54) is 29.8 Å². The fourth-order valence-corrected chi connectivity index (χ4v) is 12.5. The van der Waals surface area contributed by atoms with Crippen LogP contribution in [0.1, 0.15) is 87.9 Å². The van der Waals surface area contributed by atoms with Gasteiger partial charge in [-0.2, -0.15) is 8.42 Å². The van der Waals surface area contributed by atoms with E-state index in [4.69, 9.17) is 70.2 Å². The highest BCUT2D eigenvalue weighted by atomic mass is 35.5. The summed E-state index contributed by atoms with van der Waals surface area (Å²) < 4.78 is 76.6. The Morgan fingerprint density at radius 1 is 0.895 bits per heavy atom. The second-order valence-electron chi connectivity index (χ2n) is 22.9. The first-order valence-electron chi connectivity index (χ1n) is 25.7. The topological polar surface area (TPSA) is 151 Å². The molecule has 3 aromatic carbocycles.